The van der Waals surface area contributed by atoms with E-state index in [2.05, 4.69) is 34.4 Å². The minimum absolute atomic E-state index is 0.164. The minimum atomic E-state index is -0.164. The summed E-state index contributed by atoms with van der Waals surface area (Å²) in [5.41, 5.74) is 1.29. The molecule has 1 heterocycles. The fourth-order valence-corrected chi connectivity index (χ4v) is 2.19. The molecule has 0 radical (unpaired) electrons. The fourth-order valence-electron chi connectivity index (χ4n) is 2.19. The lowest BCUT2D eigenvalue weighted by Crippen LogP contribution is -2.25. The normalized spacial score (nSPS) is 10.7. The minimum Gasteiger partial charge on any atom is -0.370 e. The summed E-state index contributed by atoms with van der Waals surface area (Å²) in [6.45, 7) is 7.84. The van der Waals surface area contributed by atoms with Crippen LogP contribution in [0.1, 0.15) is 44.1 Å². The summed E-state index contributed by atoms with van der Waals surface area (Å²) in [7, 11) is 0. The monoisotopic (exact) mass is 326 g/mol. The number of amides is 1. The number of nitrogens with one attached hydrogen (secondary N) is 2. The molecule has 1 aromatic heterocycles. The lowest BCUT2D eigenvalue weighted by Gasteiger charge is -2.11. The number of rotatable bonds is 8. The average molecular weight is 326 g/mol. The van der Waals surface area contributed by atoms with E-state index in [0.717, 1.165) is 24.9 Å². The molecule has 0 aliphatic carbocycles. The van der Waals surface area contributed by atoms with Crippen molar-refractivity contribution in [2.24, 2.45) is 5.92 Å². The van der Waals surface area contributed by atoms with Gasteiger partial charge in [-0.2, -0.15) is 0 Å². The van der Waals surface area contributed by atoms with E-state index in [1.54, 1.807) is 6.07 Å². The summed E-state index contributed by atoms with van der Waals surface area (Å²) in [6.07, 6.45) is 1.93. The number of aromatic nitrogens is 2. The van der Waals surface area contributed by atoms with E-state index >= 15 is 0 Å². The van der Waals surface area contributed by atoms with Gasteiger partial charge in [0.25, 0.3) is 5.91 Å². The molecule has 0 bridgehead atoms. The Balaban J connectivity index is 2.27. The van der Waals surface area contributed by atoms with Gasteiger partial charge in [-0.3, -0.25) is 4.79 Å². The molecular formula is C19H26N4O. The zero-order chi connectivity index (χ0) is 17.4. The van der Waals surface area contributed by atoms with E-state index in [1.165, 1.54) is 0 Å². The lowest BCUT2D eigenvalue weighted by atomic mass is 10.1. The highest BCUT2D eigenvalue weighted by atomic mass is 16.1. The van der Waals surface area contributed by atoms with Crippen molar-refractivity contribution in [3.63, 3.8) is 0 Å². The van der Waals surface area contributed by atoms with E-state index < -0.39 is 0 Å². The van der Waals surface area contributed by atoms with Crippen molar-refractivity contribution in [2.75, 3.05) is 18.4 Å². The van der Waals surface area contributed by atoms with Crippen LogP contribution in [0.25, 0.3) is 11.4 Å². The van der Waals surface area contributed by atoms with Crippen molar-refractivity contribution in [1.82, 2.24) is 15.3 Å². The Bertz CT molecular complexity index is 656. The van der Waals surface area contributed by atoms with Crippen molar-refractivity contribution in [1.29, 1.82) is 0 Å². The molecule has 5 heteroatoms. The van der Waals surface area contributed by atoms with Gasteiger partial charge in [-0.15, -0.1) is 0 Å². The summed E-state index contributed by atoms with van der Waals surface area (Å²) >= 11 is 0. The molecule has 0 aliphatic rings. The zero-order valence-corrected chi connectivity index (χ0v) is 14.7. The maximum absolute atomic E-state index is 12.3. The number of benzene rings is 1. The van der Waals surface area contributed by atoms with Crippen molar-refractivity contribution in [3.05, 3.63) is 42.1 Å². The van der Waals surface area contributed by atoms with Crippen LogP contribution in [-0.4, -0.2) is 29.0 Å². The first-order valence-corrected chi connectivity index (χ1v) is 8.56. The number of carbonyl (C=O) groups is 1. The average Bonchev–Trinajstić information content (AvgIpc) is 2.60. The third kappa shape index (κ3) is 5.33. The summed E-state index contributed by atoms with van der Waals surface area (Å²) in [5, 5.41) is 6.18. The number of anilines is 1. The molecule has 2 N–H and O–H groups in total. The van der Waals surface area contributed by atoms with Crippen molar-refractivity contribution in [3.8, 4) is 11.4 Å². The molecule has 0 unspecified atom stereocenters. The molecule has 2 aromatic rings. The maximum Gasteiger partial charge on any atom is 0.270 e. The van der Waals surface area contributed by atoms with Gasteiger partial charge >= 0.3 is 0 Å². The second-order valence-corrected chi connectivity index (χ2v) is 6.19. The number of hydrogen-bond acceptors (Lipinski definition) is 4. The fraction of sp³-hybridized carbons (Fsp3) is 0.421. The van der Waals surface area contributed by atoms with Crippen molar-refractivity contribution < 1.29 is 4.79 Å². The van der Waals surface area contributed by atoms with Crippen LogP contribution in [0.15, 0.2) is 36.4 Å². The van der Waals surface area contributed by atoms with Gasteiger partial charge in [0.1, 0.15) is 11.5 Å². The van der Waals surface area contributed by atoms with Crippen LogP contribution in [0.2, 0.25) is 0 Å². The standard InChI is InChI=1S/C19H26N4O/c1-4-11-21-19(24)16-13-17(20-12-10-14(2)3)23-18(22-16)15-8-6-5-7-9-15/h5-9,13-14H,4,10-12H2,1-3H3,(H,21,24)(H,20,22,23). The van der Waals surface area contributed by atoms with Crippen molar-refractivity contribution in [2.45, 2.75) is 33.6 Å². The third-order valence-electron chi connectivity index (χ3n) is 3.55. The third-order valence-corrected chi connectivity index (χ3v) is 3.55. The molecule has 1 amide bonds. The molecule has 0 saturated carbocycles. The molecule has 0 aliphatic heterocycles. The predicted octanol–water partition coefficient (Wildman–Crippen LogP) is 3.74. The highest BCUT2D eigenvalue weighted by molar-refractivity contribution is 5.93. The second kappa shape index (κ2) is 9.01. The van der Waals surface area contributed by atoms with Crippen LogP contribution in [0.4, 0.5) is 5.82 Å². The molecule has 128 valence electrons. The van der Waals surface area contributed by atoms with E-state index in [1.807, 2.05) is 37.3 Å². The van der Waals surface area contributed by atoms with Gasteiger partial charge in [0, 0.05) is 24.7 Å². The molecule has 1 aromatic carbocycles. The van der Waals surface area contributed by atoms with Crippen LogP contribution in [0.3, 0.4) is 0 Å². The topological polar surface area (TPSA) is 66.9 Å². The Kier molecular flexibility index (Phi) is 6.73. The molecular weight excluding hydrogens is 300 g/mol. The summed E-state index contributed by atoms with van der Waals surface area (Å²) in [5.74, 6) is 1.70. The molecule has 0 fully saturated rings. The molecule has 24 heavy (non-hydrogen) atoms. The molecule has 2 rings (SSSR count). The first-order chi connectivity index (χ1) is 11.6. The predicted molar refractivity (Wildman–Crippen MR) is 98.0 cm³/mol. The molecule has 0 spiro atoms. The highest BCUT2D eigenvalue weighted by Crippen LogP contribution is 2.18. The number of carbonyl (C=O) groups excluding carboxylic acids is 1. The van der Waals surface area contributed by atoms with Gasteiger partial charge < -0.3 is 10.6 Å². The van der Waals surface area contributed by atoms with E-state index in [4.69, 9.17) is 0 Å². The number of nitrogens with zero attached hydrogens (tertiary/aromatic N) is 2. The largest absolute Gasteiger partial charge is 0.370 e. The van der Waals surface area contributed by atoms with Crippen LogP contribution in [-0.2, 0) is 0 Å². The maximum atomic E-state index is 12.3. The quantitative estimate of drug-likeness (QED) is 0.775. The van der Waals surface area contributed by atoms with E-state index in [-0.39, 0.29) is 5.91 Å². The van der Waals surface area contributed by atoms with E-state index in [9.17, 15) is 4.79 Å². The van der Waals surface area contributed by atoms with Gasteiger partial charge in [-0.05, 0) is 18.8 Å². The molecule has 0 atom stereocenters. The first kappa shape index (κ1) is 17.9. The summed E-state index contributed by atoms with van der Waals surface area (Å²) in [6, 6.07) is 11.4. The Morgan fingerprint density at radius 3 is 2.54 bits per heavy atom. The number of hydrogen-bond donors (Lipinski definition) is 2. The summed E-state index contributed by atoms with van der Waals surface area (Å²) in [4.78, 5) is 21.3. The van der Waals surface area contributed by atoms with Crippen LogP contribution in [0, 0.1) is 5.92 Å². The van der Waals surface area contributed by atoms with Crippen LogP contribution >= 0.6 is 0 Å². The van der Waals surface area contributed by atoms with Gasteiger partial charge in [-0.1, -0.05) is 51.1 Å². The van der Waals surface area contributed by atoms with Crippen LogP contribution < -0.4 is 10.6 Å². The van der Waals surface area contributed by atoms with Gasteiger partial charge in [0.15, 0.2) is 5.82 Å². The first-order valence-electron chi connectivity index (χ1n) is 8.56. The van der Waals surface area contributed by atoms with Gasteiger partial charge in [0.2, 0.25) is 0 Å². The summed E-state index contributed by atoms with van der Waals surface area (Å²) < 4.78 is 0. The van der Waals surface area contributed by atoms with Crippen molar-refractivity contribution >= 4 is 11.7 Å². The van der Waals surface area contributed by atoms with Gasteiger partial charge in [-0.25, -0.2) is 9.97 Å². The highest BCUT2D eigenvalue weighted by Gasteiger charge is 2.12. The van der Waals surface area contributed by atoms with Crippen LogP contribution in [0.5, 0.6) is 0 Å². The van der Waals surface area contributed by atoms with E-state index in [0.29, 0.717) is 29.8 Å². The molecule has 5 nitrogen and oxygen atoms in total. The lowest BCUT2D eigenvalue weighted by molar-refractivity contribution is 0.0948. The Morgan fingerprint density at radius 2 is 1.88 bits per heavy atom. The Morgan fingerprint density at radius 1 is 1.12 bits per heavy atom. The Hall–Kier alpha value is -2.43. The smallest absolute Gasteiger partial charge is 0.270 e. The Labute approximate surface area is 143 Å². The second-order valence-electron chi connectivity index (χ2n) is 6.19. The SMILES string of the molecule is CCCNC(=O)c1cc(NCCC(C)C)nc(-c2ccccc2)n1. The zero-order valence-electron chi connectivity index (χ0n) is 14.7. The molecule has 0 saturated heterocycles. The van der Waals surface area contributed by atoms with Gasteiger partial charge in [0.05, 0.1) is 0 Å².